The van der Waals surface area contributed by atoms with Gasteiger partial charge in [-0.05, 0) is 41.8 Å². The maximum atomic E-state index is 2.49. The summed E-state index contributed by atoms with van der Waals surface area (Å²) in [4.78, 5) is 4.94. The van der Waals surface area contributed by atoms with Gasteiger partial charge in [0, 0.05) is 26.2 Å². The summed E-state index contributed by atoms with van der Waals surface area (Å²) in [6.45, 7) is 15.4. The standard InChI is InChI=1S/C11H15N.C10H13N.C2H6.HI/c1-2-12-8-7-10-5-3-4-6-11(10)9-12;1-2-11-7-9-5-3-4-6-10(9)8-11;1-2;/h3-6H,2,7-9H2,1H3;3-6H,2,7-8H2,1H3;1-2H3;1H. The molecule has 0 atom stereocenters. The van der Waals surface area contributed by atoms with Crippen LogP contribution < -0.4 is 0 Å². The number of likely N-dealkylation sites (N-methyl/N-ethyl adjacent to an activating group) is 1. The summed E-state index contributed by atoms with van der Waals surface area (Å²) in [6, 6.07) is 17.5. The van der Waals surface area contributed by atoms with Gasteiger partial charge in [0.15, 0.2) is 0 Å². The van der Waals surface area contributed by atoms with Crippen molar-refractivity contribution in [1.82, 2.24) is 9.80 Å². The first-order chi connectivity index (χ1) is 12.3. The van der Waals surface area contributed by atoms with E-state index in [2.05, 4.69) is 72.2 Å². The van der Waals surface area contributed by atoms with Crippen molar-refractivity contribution < 1.29 is 0 Å². The highest BCUT2D eigenvalue weighted by Gasteiger charge is 2.15. The molecule has 4 rings (SSSR count). The highest BCUT2D eigenvalue weighted by Crippen LogP contribution is 2.21. The number of hydrogen-bond donors (Lipinski definition) is 0. The lowest BCUT2D eigenvalue weighted by molar-refractivity contribution is 0.268. The zero-order valence-electron chi connectivity index (χ0n) is 16.9. The lowest BCUT2D eigenvalue weighted by Crippen LogP contribution is -2.29. The van der Waals surface area contributed by atoms with Crippen molar-refractivity contribution in [2.45, 2.75) is 53.8 Å². The van der Waals surface area contributed by atoms with Crippen LogP contribution in [0.2, 0.25) is 0 Å². The SMILES string of the molecule is CC.CCN1CCc2ccccc2C1.CCN1Cc2ccccc2C1.I. The first-order valence-corrected chi connectivity index (χ1v) is 9.88. The Morgan fingerprint density at radius 1 is 0.654 bits per heavy atom. The summed E-state index contributed by atoms with van der Waals surface area (Å²) >= 11 is 0. The molecule has 0 aromatic heterocycles. The van der Waals surface area contributed by atoms with Crippen LogP contribution in [0.5, 0.6) is 0 Å². The van der Waals surface area contributed by atoms with E-state index in [0.29, 0.717) is 0 Å². The Hall–Kier alpha value is -0.910. The fraction of sp³-hybridized carbons (Fsp3) is 0.478. The smallest absolute Gasteiger partial charge is 0.0240 e. The lowest BCUT2D eigenvalue weighted by Gasteiger charge is -2.27. The molecule has 3 heteroatoms. The van der Waals surface area contributed by atoms with Crippen LogP contribution in [-0.2, 0) is 26.1 Å². The van der Waals surface area contributed by atoms with Crippen molar-refractivity contribution in [2.75, 3.05) is 19.6 Å². The van der Waals surface area contributed by atoms with Crippen LogP contribution in [0, 0.1) is 0 Å². The molecular weight excluding hydrogens is 431 g/mol. The molecule has 0 bridgehead atoms. The van der Waals surface area contributed by atoms with Gasteiger partial charge >= 0.3 is 0 Å². The number of rotatable bonds is 2. The second-order valence-electron chi connectivity index (χ2n) is 6.46. The second kappa shape index (κ2) is 12.5. The Kier molecular flexibility index (Phi) is 11.1. The van der Waals surface area contributed by atoms with Crippen LogP contribution >= 0.6 is 24.0 Å². The van der Waals surface area contributed by atoms with Crippen LogP contribution in [0.1, 0.15) is 49.9 Å². The van der Waals surface area contributed by atoms with Crippen molar-refractivity contribution >= 4 is 24.0 Å². The number of hydrogen-bond acceptors (Lipinski definition) is 2. The molecule has 2 aromatic rings. The first-order valence-electron chi connectivity index (χ1n) is 9.88. The highest BCUT2D eigenvalue weighted by molar-refractivity contribution is 14.0. The van der Waals surface area contributed by atoms with E-state index in [1.54, 1.807) is 5.56 Å². The Labute approximate surface area is 177 Å². The van der Waals surface area contributed by atoms with Crippen LogP contribution in [0.25, 0.3) is 0 Å². The molecule has 26 heavy (non-hydrogen) atoms. The van der Waals surface area contributed by atoms with Crippen LogP contribution in [-0.4, -0.2) is 29.4 Å². The highest BCUT2D eigenvalue weighted by atomic mass is 127. The van der Waals surface area contributed by atoms with Crippen molar-refractivity contribution in [3.8, 4) is 0 Å². The normalized spacial score (nSPS) is 15.4. The van der Waals surface area contributed by atoms with Crippen molar-refractivity contribution in [3.05, 3.63) is 70.8 Å². The van der Waals surface area contributed by atoms with Gasteiger partial charge in [0.05, 0.1) is 0 Å². The number of nitrogens with zero attached hydrogens (tertiary/aromatic N) is 2. The summed E-state index contributed by atoms with van der Waals surface area (Å²) in [5, 5.41) is 0. The third-order valence-corrected chi connectivity index (χ3v) is 5.01. The Morgan fingerprint density at radius 2 is 1.04 bits per heavy atom. The molecule has 0 radical (unpaired) electrons. The summed E-state index contributed by atoms with van der Waals surface area (Å²) in [5.41, 5.74) is 6.08. The molecule has 0 unspecified atom stereocenters. The Morgan fingerprint density at radius 3 is 1.50 bits per heavy atom. The summed E-state index contributed by atoms with van der Waals surface area (Å²) in [7, 11) is 0. The average Bonchev–Trinajstić information content (AvgIpc) is 3.13. The fourth-order valence-corrected chi connectivity index (χ4v) is 3.45. The third kappa shape index (κ3) is 6.36. The molecule has 0 saturated carbocycles. The topological polar surface area (TPSA) is 6.48 Å². The van der Waals surface area contributed by atoms with E-state index in [-0.39, 0.29) is 24.0 Å². The largest absolute Gasteiger partial charge is 0.299 e. The van der Waals surface area contributed by atoms with Crippen molar-refractivity contribution in [2.24, 2.45) is 0 Å². The Bertz CT molecular complexity index is 617. The molecular formula is C23H35IN2. The monoisotopic (exact) mass is 466 g/mol. The van der Waals surface area contributed by atoms with Gasteiger partial charge in [-0.1, -0.05) is 76.2 Å². The lowest BCUT2D eigenvalue weighted by atomic mass is 10.0. The maximum Gasteiger partial charge on any atom is 0.0240 e. The van der Waals surface area contributed by atoms with Gasteiger partial charge in [-0.2, -0.15) is 0 Å². The molecule has 0 N–H and O–H groups in total. The zero-order valence-corrected chi connectivity index (χ0v) is 19.2. The van der Waals surface area contributed by atoms with Crippen LogP contribution in [0.4, 0.5) is 0 Å². The second-order valence-corrected chi connectivity index (χ2v) is 6.46. The fourth-order valence-electron chi connectivity index (χ4n) is 3.45. The van der Waals surface area contributed by atoms with Crippen LogP contribution in [0.3, 0.4) is 0 Å². The minimum atomic E-state index is 0. The summed E-state index contributed by atoms with van der Waals surface area (Å²) in [5.74, 6) is 0. The molecule has 0 amide bonds. The summed E-state index contributed by atoms with van der Waals surface area (Å²) < 4.78 is 0. The van der Waals surface area contributed by atoms with Gasteiger partial charge in [0.1, 0.15) is 0 Å². The number of fused-ring (bicyclic) bond motifs is 2. The Balaban J connectivity index is 0.000000230. The van der Waals surface area contributed by atoms with E-state index in [1.165, 1.54) is 36.2 Å². The average molecular weight is 466 g/mol. The quantitative estimate of drug-likeness (QED) is 0.522. The van der Waals surface area contributed by atoms with Gasteiger partial charge in [-0.15, -0.1) is 24.0 Å². The molecule has 2 aromatic carbocycles. The van der Waals surface area contributed by atoms with Gasteiger partial charge in [0.2, 0.25) is 0 Å². The molecule has 0 spiro atoms. The summed E-state index contributed by atoms with van der Waals surface area (Å²) in [6.07, 6.45) is 1.23. The van der Waals surface area contributed by atoms with E-state index in [4.69, 9.17) is 0 Å². The van der Waals surface area contributed by atoms with E-state index < -0.39 is 0 Å². The molecule has 0 aliphatic carbocycles. The zero-order chi connectivity index (χ0) is 18.1. The predicted octanol–water partition coefficient (Wildman–Crippen LogP) is 5.73. The third-order valence-electron chi connectivity index (χ3n) is 5.01. The molecule has 0 fully saturated rings. The van der Waals surface area contributed by atoms with Gasteiger partial charge in [-0.3, -0.25) is 9.80 Å². The van der Waals surface area contributed by atoms with E-state index in [9.17, 15) is 0 Å². The van der Waals surface area contributed by atoms with Crippen molar-refractivity contribution in [3.63, 3.8) is 0 Å². The molecule has 0 saturated heterocycles. The van der Waals surface area contributed by atoms with Gasteiger partial charge < -0.3 is 0 Å². The molecule has 2 nitrogen and oxygen atoms in total. The van der Waals surface area contributed by atoms with E-state index in [1.807, 2.05) is 13.8 Å². The molecule has 144 valence electrons. The maximum absolute atomic E-state index is 2.49. The van der Waals surface area contributed by atoms with Gasteiger partial charge in [0.25, 0.3) is 0 Å². The van der Waals surface area contributed by atoms with Gasteiger partial charge in [-0.25, -0.2) is 0 Å². The molecule has 2 aliphatic heterocycles. The van der Waals surface area contributed by atoms with E-state index in [0.717, 1.165) is 26.2 Å². The minimum Gasteiger partial charge on any atom is -0.299 e. The van der Waals surface area contributed by atoms with E-state index >= 15 is 0 Å². The first kappa shape index (κ1) is 23.1. The molecule has 2 heterocycles. The number of halogens is 1. The minimum absolute atomic E-state index is 0. The number of benzene rings is 2. The van der Waals surface area contributed by atoms with Crippen LogP contribution in [0.15, 0.2) is 48.5 Å². The van der Waals surface area contributed by atoms with Crippen molar-refractivity contribution in [1.29, 1.82) is 0 Å². The molecule has 2 aliphatic rings. The predicted molar refractivity (Wildman–Crippen MR) is 124 cm³/mol.